The molecule has 0 saturated heterocycles. The summed E-state index contributed by atoms with van der Waals surface area (Å²) in [6, 6.07) is 17.3. The molecular formula is C21H24. The molecule has 0 spiro atoms. The highest BCUT2D eigenvalue weighted by Crippen LogP contribution is 2.18. The third-order valence-corrected chi connectivity index (χ3v) is 3.71. The fourth-order valence-corrected chi connectivity index (χ4v) is 2.40. The van der Waals surface area contributed by atoms with Gasteiger partial charge in [0, 0.05) is 0 Å². The smallest absolute Gasteiger partial charge is 0.00915 e. The van der Waals surface area contributed by atoms with E-state index in [4.69, 9.17) is 0 Å². The van der Waals surface area contributed by atoms with Gasteiger partial charge in [0.25, 0.3) is 0 Å². The summed E-state index contributed by atoms with van der Waals surface area (Å²) in [5.41, 5.74) is 6.67. The first-order valence-corrected chi connectivity index (χ1v) is 7.69. The van der Waals surface area contributed by atoms with Gasteiger partial charge in [-0.2, -0.15) is 0 Å². The fourth-order valence-electron chi connectivity index (χ4n) is 2.40. The predicted molar refractivity (Wildman–Crippen MR) is 93.5 cm³/mol. The van der Waals surface area contributed by atoms with E-state index >= 15 is 0 Å². The van der Waals surface area contributed by atoms with Crippen molar-refractivity contribution in [3.05, 3.63) is 89.0 Å². The van der Waals surface area contributed by atoms with E-state index in [0.717, 1.165) is 12.8 Å². The first-order chi connectivity index (χ1) is 10.2. The lowest BCUT2D eigenvalue weighted by atomic mass is 10.0. The zero-order chi connectivity index (χ0) is 15.1. The van der Waals surface area contributed by atoms with Crippen LogP contribution in [0.3, 0.4) is 0 Å². The van der Waals surface area contributed by atoms with E-state index in [2.05, 4.69) is 87.5 Å². The van der Waals surface area contributed by atoms with Gasteiger partial charge in [0.15, 0.2) is 0 Å². The third-order valence-electron chi connectivity index (χ3n) is 3.71. The Labute approximate surface area is 128 Å². The summed E-state index contributed by atoms with van der Waals surface area (Å²) in [4.78, 5) is 0. The molecule has 0 aliphatic carbocycles. The van der Waals surface area contributed by atoms with Crippen LogP contribution in [0.4, 0.5) is 0 Å². The van der Waals surface area contributed by atoms with Gasteiger partial charge in [0.2, 0.25) is 0 Å². The lowest BCUT2D eigenvalue weighted by Gasteiger charge is -2.05. The summed E-state index contributed by atoms with van der Waals surface area (Å²) < 4.78 is 0. The molecule has 0 amide bonds. The number of benzene rings is 2. The highest BCUT2D eigenvalue weighted by Gasteiger charge is 1.98. The number of aryl methyl sites for hydroxylation is 2. The van der Waals surface area contributed by atoms with Gasteiger partial charge in [-0.25, -0.2) is 0 Å². The van der Waals surface area contributed by atoms with Crippen LogP contribution in [0.2, 0.25) is 0 Å². The van der Waals surface area contributed by atoms with Crippen LogP contribution in [-0.4, -0.2) is 0 Å². The van der Waals surface area contributed by atoms with E-state index < -0.39 is 0 Å². The zero-order valence-corrected chi connectivity index (χ0v) is 13.3. The molecule has 0 N–H and O–H groups in total. The molecule has 0 aliphatic rings. The second kappa shape index (κ2) is 7.64. The Morgan fingerprint density at radius 2 is 1.67 bits per heavy atom. The molecule has 2 aromatic rings. The molecular weight excluding hydrogens is 252 g/mol. The number of hydrogen-bond acceptors (Lipinski definition) is 0. The minimum atomic E-state index is 0.986. The van der Waals surface area contributed by atoms with Gasteiger partial charge in [-0.15, -0.1) is 0 Å². The monoisotopic (exact) mass is 276 g/mol. The molecule has 0 heteroatoms. The maximum atomic E-state index is 2.29. The summed E-state index contributed by atoms with van der Waals surface area (Å²) in [6.07, 6.45) is 8.85. The SMILES string of the molecule is CC/C=C(\C=C/Cc1ccccc1C)c1ccc(C)cc1. The van der Waals surface area contributed by atoms with Crippen molar-refractivity contribution in [3.63, 3.8) is 0 Å². The predicted octanol–water partition coefficient (Wildman–Crippen LogP) is 5.90. The Bertz CT molecular complexity index is 627. The molecule has 0 unspecified atom stereocenters. The van der Waals surface area contributed by atoms with Crippen LogP contribution in [0, 0.1) is 13.8 Å². The Balaban J connectivity index is 2.14. The summed E-state index contributed by atoms with van der Waals surface area (Å²) in [5.74, 6) is 0. The largest absolute Gasteiger partial charge is 0.0795 e. The van der Waals surface area contributed by atoms with Crippen LogP contribution < -0.4 is 0 Å². The van der Waals surface area contributed by atoms with Crippen LogP contribution in [0.5, 0.6) is 0 Å². The van der Waals surface area contributed by atoms with E-state index in [1.807, 2.05) is 0 Å². The van der Waals surface area contributed by atoms with Crippen LogP contribution >= 0.6 is 0 Å². The van der Waals surface area contributed by atoms with Crippen molar-refractivity contribution in [2.24, 2.45) is 0 Å². The molecule has 0 heterocycles. The lowest BCUT2D eigenvalue weighted by Crippen LogP contribution is -1.86. The van der Waals surface area contributed by atoms with Gasteiger partial charge in [-0.3, -0.25) is 0 Å². The second-order valence-corrected chi connectivity index (χ2v) is 5.47. The maximum absolute atomic E-state index is 2.29. The van der Waals surface area contributed by atoms with Crippen molar-refractivity contribution in [1.29, 1.82) is 0 Å². The molecule has 0 fully saturated rings. The zero-order valence-electron chi connectivity index (χ0n) is 13.3. The van der Waals surface area contributed by atoms with E-state index in [1.54, 1.807) is 0 Å². The highest BCUT2D eigenvalue weighted by molar-refractivity contribution is 5.74. The summed E-state index contributed by atoms with van der Waals surface area (Å²) >= 11 is 0. The van der Waals surface area contributed by atoms with Crippen molar-refractivity contribution < 1.29 is 0 Å². The minimum absolute atomic E-state index is 0.986. The van der Waals surface area contributed by atoms with Gasteiger partial charge >= 0.3 is 0 Å². The molecule has 0 radical (unpaired) electrons. The van der Waals surface area contributed by atoms with Crippen molar-refractivity contribution in [2.75, 3.05) is 0 Å². The van der Waals surface area contributed by atoms with Crippen LogP contribution in [0.15, 0.2) is 66.8 Å². The van der Waals surface area contributed by atoms with Crippen molar-refractivity contribution in [2.45, 2.75) is 33.6 Å². The number of rotatable bonds is 5. The van der Waals surface area contributed by atoms with E-state index in [0.29, 0.717) is 0 Å². The first-order valence-electron chi connectivity index (χ1n) is 7.69. The third kappa shape index (κ3) is 4.46. The average molecular weight is 276 g/mol. The Kier molecular flexibility index (Phi) is 5.57. The molecule has 108 valence electrons. The van der Waals surface area contributed by atoms with Crippen molar-refractivity contribution in [1.82, 2.24) is 0 Å². The second-order valence-electron chi connectivity index (χ2n) is 5.47. The van der Waals surface area contributed by atoms with Crippen molar-refractivity contribution >= 4 is 5.57 Å². The maximum Gasteiger partial charge on any atom is -0.00915 e. The summed E-state index contributed by atoms with van der Waals surface area (Å²) in [5, 5.41) is 0. The van der Waals surface area contributed by atoms with Gasteiger partial charge in [-0.05, 0) is 49.0 Å². The topological polar surface area (TPSA) is 0 Å². The Morgan fingerprint density at radius 3 is 2.33 bits per heavy atom. The van der Waals surface area contributed by atoms with Gasteiger partial charge < -0.3 is 0 Å². The Morgan fingerprint density at radius 1 is 0.952 bits per heavy atom. The van der Waals surface area contributed by atoms with Crippen LogP contribution in [0.25, 0.3) is 5.57 Å². The molecule has 21 heavy (non-hydrogen) atoms. The molecule has 0 atom stereocenters. The van der Waals surface area contributed by atoms with Gasteiger partial charge in [0.05, 0.1) is 0 Å². The normalized spacial score (nSPS) is 12.0. The molecule has 0 aromatic heterocycles. The molecule has 0 saturated carbocycles. The minimum Gasteiger partial charge on any atom is -0.0795 e. The van der Waals surface area contributed by atoms with Gasteiger partial charge in [-0.1, -0.05) is 79.2 Å². The fraction of sp³-hybridized carbons (Fsp3) is 0.238. The molecule has 2 aromatic carbocycles. The van der Waals surface area contributed by atoms with Crippen molar-refractivity contribution in [3.8, 4) is 0 Å². The Hall–Kier alpha value is -2.08. The summed E-state index contributed by atoms with van der Waals surface area (Å²) in [7, 11) is 0. The number of allylic oxidation sites excluding steroid dienone is 4. The molecule has 0 aliphatic heterocycles. The van der Waals surface area contributed by atoms with Gasteiger partial charge in [0.1, 0.15) is 0 Å². The average Bonchev–Trinajstić information content (AvgIpc) is 2.49. The quantitative estimate of drug-likeness (QED) is 0.597. The lowest BCUT2D eigenvalue weighted by molar-refractivity contribution is 1.21. The molecule has 0 bridgehead atoms. The van der Waals surface area contributed by atoms with E-state index in [-0.39, 0.29) is 0 Å². The molecule has 2 rings (SSSR count). The highest BCUT2D eigenvalue weighted by atomic mass is 14.0. The van der Waals surface area contributed by atoms with Crippen LogP contribution in [-0.2, 0) is 6.42 Å². The number of hydrogen-bond donors (Lipinski definition) is 0. The summed E-state index contributed by atoms with van der Waals surface area (Å²) in [6.45, 7) is 6.48. The molecule has 0 nitrogen and oxygen atoms in total. The van der Waals surface area contributed by atoms with E-state index in [1.165, 1.54) is 27.8 Å². The first kappa shape index (κ1) is 15.3. The van der Waals surface area contributed by atoms with E-state index in [9.17, 15) is 0 Å². The van der Waals surface area contributed by atoms with Crippen LogP contribution in [0.1, 0.15) is 35.6 Å². The standard InChI is InChI=1S/C21H24/c1-4-8-20(21-15-13-17(2)14-16-21)12-7-11-19-10-6-5-9-18(19)3/h5-10,12-16H,4,11H2,1-3H3/b12-7-,20-8+.